The van der Waals surface area contributed by atoms with E-state index in [1.165, 1.54) is 42.4 Å². The quantitative estimate of drug-likeness (QED) is 0.875. The number of thioether (sulfide) groups is 1. The Balaban J connectivity index is 1.84. The second-order valence-electron chi connectivity index (χ2n) is 4.96. The van der Waals surface area contributed by atoms with E-state index in [2.05, 4.69) is 23.2 Å². The van der Waals surface area contributed by atoms with Gasteiger partial charge in [-0.2, -0.15) is 0 Å². The molecule has 0 saturated heterocycles. The van der Waals surface area contributed by atoms with Gasteiger partial charge in [-0.25, -0.2) is 4.98 Å². The minimum atomic E-state index is 0.627. The average Bonchev–Trinajstić information content (AvgIpc) is 2.40. The number of aromatic nitrogens is 1. The standard InChI is InChI=1S/C15H18N2S/c16-15-14-7-6-13(10-11(14)8-9-17-15)18-12-4-2-1-3-5-12/h6-10,12H,1-5H2,(H2,16,17). The minimum absolute atomic E-state index is 0.627. The number of rotatable bonds is 2. The minimum Gasteiger partial charge on any atom is -0.383 e. The van der Waals surface area contributed by atoms with Crippen LogP contribution in [0.15, 0.2) is 35.4 Å². The molecule has 1 aliphatic rings. The van der Waals surface area contributed by atoms with Crippen molar-refractivity contribution >= 4 is 28.4 Å². The number of nitrogen functional groups attached to an aromatic ring is 1. The molecule has 3 rings (SSSR count). The molecule has 2 nitrogen and oxygen atoms in total. The van der Waals surface area contributed by atoms with Crippen LogP contribution in [0.2, 0.25) is 0 Å². The van der Waals surface area contributed by atoms with Crippen LogP contribution in [-0.4, -0.2) is 10.2 Å². The maximum absolute atomic E-state index is 5.87. The first-order valence-corrected chi connectivity index (χ1v) is 7.52. The maximum atomic E-state index is 5.87. The fourth-order valence-corrected chi connectivity index (χ4v) is 3.92. The predicted octanol–water partition coefficient (Wildman–Crippen LogP) is 4.24. The molecule has 2 aromatic rings. The monoisotopic (exact) mass is 258 g/mol. The van der Waals surface area contributed by atoms with Gasteiger partial charge in [0.2, 0.25) is 0 Å². The second-order valence-corrected chi connectivity index (χ2v) is 6.33. The molecule has 0 amide bonds. The lowest BCUT2D eigenvalue weighted by atomic mass is 10.0. The number of benzene rings is 1. The molecule has 0 atom stereocenters. The average molecular weight is 258 g/mol. The summed E-state index contributed by atoms with van der Waals surface area (Å²) in [4.78, 5) is 5.48. The summed E-state index contributed by atoms with van der Waals surface area (Å²) in [6.07, 6.45) is 8.70. The summed E-state index contributed by atoms with van der Waals surface area (Å²) in [5.41, 5.74) is 5.87. The molecule has 1 aromatic heterocycles. The largest absolute Gasteiger partial charge is 0.383 e. The van der Waals surface area contributed by atoms with Crippen molar-refractivity contribution in [3.05, 3.63) is 30.5 Å². The van der Waals surface area contributed by atoms with E-state index in [4.69, 9.17) is 5.73 Å². The van der Waals surface area contributed by atoms with E-state index < -0.39 is 0 Å². The second kappa shape index (κ2) is 5.19. The Morgan fingerprint density at radius 1 is 1.11 bits per heavy atom. The summed E-state index contributed by atoms with van der Waals surface area (Å²) >= 11 is 2.02. The number of nitrogens with two attached hydrogens (primary N) is 1. The molecule has 1 aliphatic carbocycles. The summed E-state index contributed by atoms with van der Waals surface area (Å²) in [6, 6.07) is 8.56. The Bertz CT molecular complexity index is 547. The van der Waals surface area contributed by atoms with Gasteiger partial charge in [-0.3, -0.25) is 0 Å². The molecule has 1 fully saturated rings. The molecule has 0 spiro atoms. The molecule has 1 aromatic carbocycles. The highest BCUT2D eigenvalue weighted by atomic mass is 32.2. The number of fused-ring (bicyclic) bond motifs is 1. The highest BCUT2D eigenvalue weighted by Crippen LogP contribution is 2.35. The molecule has 0 bridgehead atoms. The fraction of sp³-hybridized carbons (Fsp3) is 0.400. The summed E-state index contributed by atoms with van der Waals surface area (Å²) in [7, 11) is 0. The number of hydrogen-bond acceptors (Lipinski definition) is 3. The third-order valence-corrected chi connectivity index (χ3v) is 4.95. The van der Waals surface area contributed by atoms with Gasteiger partial charge in [-0.15, -0.1) is 11.8 Å². The summed E-state index contributed by atoms with van der Waals surface area (Å²) in [6.45, 7) is 0. The Morgan fingerprint density at radius 3 is 2.78 bits per heavy atom. The Hall–Kier alpha value is -1.22. The topological polar surface area (TPSA) is 38.9 Å². The van der Waals surface area contributed by atoms with Crippen LogP contribution in [-0.2, 0) is 0 Å². The number of hydrogen-bond donors (Lipinski definition) is 1. The summed E-state index contributed by atoms with van der Waals surface area (Å²) in [5.74, 6) is 0.627. The lowest BCUT2D eigenvalue weighted by molar-refractivity contribution is 0.516. The zero-order valence-corrected chi connectivity index (χ0v) is 11.2. The lowest BCUT2D eigenvalue weighted by Crippen LogP contribution is -2.07. The van der Waals surface area contributed by atoms with Gasteiger partial charge in [0.15, 0.2) is 0 Å². The number of nitrogens with zero attached hydrogens (tertiary/aromatic N) is 1. The zero-order valence-electron chi connectivity index (χ0n) is 10.4. The van der Waals surface area contributed by atoms with Crippen molar-refractivity contribution in [2.24, 2.45) is 0 Å². The van der Waals surface area contributed by atoms with E-state index in [1.807, 2.05) is 17.8 Å². The number of pyridine rings is 1. The van der Waals surface area contributed by atoms with Gasteiger partial charge in [0.05, 0.1) is 0 Å². The smallest absolute Gasteiger partial charge is 0.131 e. The molecule has 1 heterocycles. The van der Waals surface area contributed by atoms with Crippen LogP contribution in [0.25, 0.3) is 10.8 Å². The third-order valence-electron chi connectivity index (χ3n) is 3.62. The molecule has 1 saturated carbocycles. The first-order chi connectivity index (χ1) is 8.83. The Labute approximate surface area is 112 Å². The van der Waals surface area contributed by atoms with E-state index >= 15 is 0 Å². The van der Waals surface area contributed by atoms with Crippen LogP contribution in [0.3, 0.4) is 0 Å². The highest BCUT2D eigenvalue weighted by molar-refractivity contribution is 8.00. The van der Waals surface area contributed by atoms with Gasteiger partial charge in [0, 0.05) is 21.7 Å². The van der Waals surface area contributed by atoms with Crippen molar-refractivity contribution in [3.63, 3.8) is 0 Å². The van der Waals surface area contributed by atoms with Crippen LogP contribution in [0.1, 0.15) is 32.1 Å². The van der Waals surface area contributed by atoms with Crippen molar-refractivity contribution < 1.29 is 0 Å². The first kappa shape index (κ1) is 11.8. The SMILES string of the molecule is Nc1nccc2cc(SC3CCCCC3)ccc12. The van der Waals surface area contributed by atoms with E-state index in [1.54, 1.807) is 6.20 Å². The van der Waals surface area contributed by atoms with Crippen LogP contribution in [0, 0.1) is 0 Å². The highest BCUT2D eigenvalue weighted by Gasteiger charge is 2.14. The maximum Gasteiger partial charge on any atom is 0.131 e. The van der Waals surface area contributed by atoms with Crippen molar-refractivity contribution in [3.8, 4) is 0 Å². The molecule has 3 heteroatoms. The van der Waals surface area contributed by atoms with Crippen LogP contribution in [0.5, 0.6) is 0 Å². The van der Waals surface area contributed by atoms with Gasteiger partial charge in [-0.1, -0.05) is 19.3 Å². The van der Waals surface area contributed by atoms with Gasteiger partial charge in [0.1, 0.15) is 5.82 Å². The van der Waals surface area contributed by atoms with Crippen LogP contribution >= 0.6 is 11.8 Å². The molecule has 0 aliphatic heterocycles. The van der Waals surface area contributed by atoms with Crippen LogP contribution < -0.4 is 5.73 Å². The Morgan fingerprint density at radius 2 is 1.94 bits per heavy atom. The fourth-order valence-electron chi connectivity index (χ4n) is 2.63. The zero-order chi connectivity index (χ0) is 12.4. The van der Waals surface area contributed by atoms with E-state index in [9.17, 15) is 0 Å². The van der Waals surface area contributed by atoms with Crippen molar-refractivity contribution in [2.45, 2.75) is 42.2 Å². The molecule has 18 heavy (non-hydrogen) atoms. The van der Waals surface area contributed by atoms with Crippen molar-refractivity contribution in [1.29, 1.82) is 0 Å². The molecular weight excluding hydrogens is 240 g/mol. The summed E-state index contributed by atoms with van der Waals surface area (Å²) in [5, 5.41) is 3.06. The van der Waals surface area contributed by atoms with Gasteiger partial charge >= 0.3 is 0 Å². The van der Waals surface area contributed by atoms with Gasteiger partial charge in [0.25, 0.3) is 0 Å². The predicted molar refractivity (Wildman–Crippen MR) is 78.9 cm³/mol. The van der Waals surface area contributed by atoms with Crippen LogP contribution in [0.4, 0.5) is 5.82 Å². The van der Waals surface area contributed by atoms with E-state index in [0.29, 0.717) is 5.82 Å². The normalized spacial score (nSPS) is 17.1. The molecule has 94 valence electrons. The van der Waals surface area contributed by atoms with Gasteiger partial charge in [-0.05, 0) is 42.5 Å². The number of anilines is 1. The third kappa shape index (κ3) is 2.46. The van der Waals surface area contributed by atoms with Crippen molar-refractivity contribution in [1.82, 2.24) is 4.98 Å². The summed E-state index contributed by atoms with van der Waals surface area (Å²) < 4.78 is 0. The Kier molecular flexibility index (Phi) is 3.41. The first-order valence-electron chi connectivity index (χ1n) is 6.64. The molecule has 0 radical (unpaired) electrons. The van der Waals surface area contributed by atoms with E-state index in [-0.39, 0.29) is 0 Å². The molecule has 2 N–H and O–H groups in total. The molecule has 0 unspecified atom stereocenters. The lowest BCUT2D eigenvalue weighted by Gasteiger charge is -2.21. The van der Waals surface area contributed by atoms with Gasteiger partial charge < -0.3 is 5.73 Å². The van der Waals surface area contributed by atoms with E-state index in [0.717, 1.165) is 10.6 Å². The van der Waals surface area contributed by atoms with Crippen molar-refractivity contribution in [2.75, 3.05) is 5.73 Å². The molecular formula is C15H18N2S.